The number of Topliss-reactive ketones (excluding diaryl/α,β-unsaturated/α-hetero) is 1. The smallest absolute Gasteiger partial charge is 0.166 e. The van der Waals surface area contributed by atoms with Crippen LogP contribution in [0.3, 0.4) is 0 Å². The largest absolute Gasteiger partial charge is 0.493 e. The number of allylic oxidation sites excluding steroid dienone is 2. The van der Waals surface area contributed by atoms with Crippen molar-refractivity contribution in [2.75, 3.05) is 20.8 Å². The number of ketones is 1. The van der Waals surface area contributed by atoms with Gasteiger partial charge in [-0.1, -0.05) is 12.1 Å². The van der Waals surface area contributed by atoms with Gasteiger partial charge in [0.05, 0.1) is 31.5 Å². The molecule has 2 heterocycles. The lowest BCUT2D eigenvalue weighted by Gasteiger charge is -2.48. The van der Waals surface area contributed by atoms with E-state index in [0.717, 1.165) is 42.8 Å². The second-order valence-electron chi connectivity index (χ2n) is 7.17. The summed E-state index contributed by atoms with van der Waals surface area (Å²) in [6.45, 7) is 2.88. The van der Waals surface area contributed by atoms with Crippen molar-refractivity contribution in [2.45, 2.75) is 38.6 Å². The Morgan fingerprint density at radius 1 is 1.15 bits per heavy atom. The molecular formula is C20H24N2O4. The molecule has 0 saturated heterocycles. The van der Waals surface area contributed by atoms with Crippen molar-refractivity contribution in [1.82, 2.24) is 4.90 Å². The SMILES string of the molecule is COc1cc2c(cc1OC)[C@@H]1[C@H](C)/C(=N/O)C3=C(CCCC3=O)N1CC2. The number of carbonyl (C=O) groups is 1. The number of ether oxygens (including phenoxy) is 2. The van der Waals surface area contributed by atoms with Gasteiger partial charge in [0.1, 0.15) is 0 Å². The summed E-state index contributed by atoms with van der Waals surface area (Å²) in [5.41, 5.74) is 4.59. The van der Waals surface area contributed by atoms with E-state index < -0.39 is 0 Å². The van der Waals surface area contributed by atoms with Gasteiger partial charge in [-0.3, -0.25) is 4.79 Å². The van der Waals surface area contributed by atoms with Crippen molar-refractivity contribution in [2.24, 2.45) is 11.1 Å². The van der Waals surface area contributed by atoms with Crippen LogP contribution in [0, 0.1) is 5.92 Å². The average molecular weight is 356 g/mol. The molecular weight excluding hydrogens is 332 g/mol. The van der Waals surface area contributed by atoms with Gasteiger partial charge in [-0.25, -0.2) is 0 Å². The molecule has 26 heavy (non-hydrogen) atoms. The van der Waals surface area contributed by atoms with Gasteiger partial charge < -0.3 is 19.6 Å². The minimum absolute atomic E-state index is 0.0362. The van der Waals surface area contributed by atoms with Crippen molar-refractivity contribution >= 4 is 11.5 Å². The second kappa shape index (κ2) is 6.34. The molecule has 1 aliphatic carbocycles. The summed E-state index contributed by atoms with van der Waals surface area (Å²) in [5.74, 6) is 1.44. The molecule has 0 spiro atoms. The minimum atomic E-state index is -0.0852. The standard InChI is InChI=1S/C20H24N2O4/c1-11-19(21-24)18-14(5-4-6-15(18)23)22-8-7-12-9-16(25-2)17(26-3)10-13(12)20(11)22/h9-11,20,24H,4-8H2,1-3H3/b21-19-/t11-,20+/m1/s1. The van der Waals surface area contributed by atoms with Crippen LogP contribution in [-0.4, -0.2) is 42.4 Å². The summed E-state index contributed by atoms with van der Waals surface area (Å²) in [7, 11) is 3.28. The maximum atomic E-state index is 12.5. The van der Waals surface area contributed by atoms with E-state index in [4.69, 9.17) is 9.47 Å². The highest BCUT2D eigenvalue weighted by Gasteiger charge is 2.44. The number of carbonyl (C=O) groups excluding carboxylic acids is 1. The third-order valence-electron chi connectivity index (χ3n) is 5.92. The van der Waals surface area contributed by atoms with E-state index in [-0.39, 0.29) is 17.7 Å². The summed E-state index contributed by atoms with van der Waals surface area (Å²) in [5, 5.41) is 13.2. The maximum Gasteiger partial charge on any atom is 0.166 e. The number of oxime groups is 1. The molecule has 6 heteroatoms. The average Bonchev–Trinajstić information content (AvgIpc) is 2.67. The molecule has 0 bridgehead atoms. The fourth-order valence-corrected chi connectivity index (χ4v) is 4.74. The Morgan fingerprint density at radius 2 is 1.88 bits per heavy atom. The lowest BCUT2D eigenvalue weighted by Crippen LogP contribution is -2.47. The van der Waals surface area contributed by atoms with E-state index in [9.17, 15) is 10.0 Å². The van der Waals surface area contributed by atoms with Gasteiger partial charge >= 0.3 is 0 Å². The molecule has 1 aromatic carbocycles. The van der Waals surface area contributed by atoms with Crippen LogP contribution in [0.4, 0.5) is 0 Å². The number of rotatable bonds is 2. The highest BCUT2D eigenvalue weighted by Crippen LogP contribution is 2.48. The Kier molecular flexibility index (Phi) is 4.13. The summed E-state index contributed by atoms with van der Waals surface area (Å²) in [6.07, 6.45) is 3.12. The molecule has 0 unspecified atom stereocenters. The maximum absolute atomic E-state index is 12.5. The summed E-state index contributed by atoms with van der Waals surface area (Å²) < 4.78 is 11.0. The zero-order valence-electron chi connectivity index (χ0n) is 15.4. The van der Waals surface area contributed by atoms with Crippen LogP contribution >= 0.6 is 0 Å². The van der Waals surface area contributed by atoms with Crippen molar-refractivity contribution < 1.29 is 19.5 Å². The Hall–Kier alpha value is -2.50. The minimum Gasteiger partial charge on any atom is -0.493 e. The van der Waals surface area contributed by atoms with Crippen LogP contribution in [0.25, 0.3) is 0 Å². The summed E-state index contributed by atoms with van der Waals surface area (Å²) >= 11 is 0. The molecule has 0 saturated carbocycles. The van der Waals surface area contributed by atoms with E-state index in [1.54, 1.807) is 14.2 Å². The molecule has 0 fully saturated rings. The van der Waals surface area contributed by atoms with Crippen LogP contribution in [0.1, 0.15) is 43.4 Å². The van der Waals surface area contributed by atoms with Gasteiger partial charge in [-0.2, -0.15) is 0 Å². The molecule has 2 atom stereocenters. The molecule has 0 aromatic heterocycles. The molecule has 3 aliphatic rings. The van der Waals surface area contributed by atoms with Gasteiger partial charge in [0, 0.05) is 24.6 Å². The Morgan fingerprint density at radius 3 is 2.58 bits per heavy atom. The number of hydrogen-bond acceptors (Lipinski definition) is 6. The third kappa shape index (κ3) is 2.31. The Bertz CT molecular complexity index is 827. The quantitative estimate of drug-likeness (QED) is 0.651. The number of hydrogen-bond donors (Lipinski definition) is 1. The first kappa shape index (κ1) is 16.9. The van der Waals surface area contributed by atoms with Crippen molar-refractivity contribution in [3.05, 3.63) is 34.5 Å². The van der Waals surface area contributed by atoms with Crippen LogP contribution in [-0.2, 0) is 11.2 Å². The van der Waals surface area contributed by atoms with Gasteiger partial charge in [0.25, 0.3) is 0 Å². The molecule has 4 rings (SSSR count). The van der Waals surface area contributed by atoms with E-state index in [2.05, 4.69) is 10.1 Å². The number of methoxy groups -OCH3 is 2. The zero-order chi connectivity index (χ0) is 18.4. The van der Waals surface area contributed by atoms with Crippen molar-refractivity contribution in [1.29, 1.82) is 0 Å². The first-order valence-corrected chi connectivity index (χ1v) is 9.10. The second-order valence-corrected chi connectivity index (χ2v) is 7.17. The fraction of sp³-hybridized carbons (Fsp3) is 0.500. The fourth-order valence-electron chi connectivity index (χ4n) is 4.74. The molecule has 0 amide bonds. The monoisotopic (exact) mass is 356 g/mol. The predicted octanol–water partition coefficient (Wildman–Crippen LogP) is 3.09. The molecule has 6 nitrogen and oxygen atoms in total. The Labute approximate surface area is 153 Å². The predicted molar refractivity (Wildman–Crippen MR) is 97.0 cm³/mol. The van der Waals surface area contributed by atoms with Gasteiger partial charge in [0.2, 0.25) is 0 Å². The highest BCUT2D eigenvalue weighted by atomic mass is 16.5. The van der Waals surface area contributed by atoms with E-state index >= 15 is 0 Å². The van der Waals surface area contributed by atoms with Crippen LogP contribution in [0.5, 0.6) is 11.5 Å². The number of benzene rings is 1. The number of fused-ring (bicyclic) bond motifs is 4. The lowest BCUT2D eigenvalue weighted by atomic mass is 9.74. The van der Waals surface area contributed by atoms with Crippen molar-refractivity contribution in [3.63, 3.8) is 0 Å². The first-order chi connectivity index (χ1) is 12.6. The molecule has 2 aliphatic heterocycles. The third-order valence-corrected chi connectivity index (χ3v) is 5.92. The molecule has 1 N–H and O–H groups in total. The molecule has 138 valence electrons. The zero-order valence-corrected chi connectivity index (χ0v) is 15.4. The Balaban J connectivity index is 1.89. The van der Waals surface area contributed by atoms with E-state index in [1.165, 1.54) is 5.56 Å². The first-order valence-electron chi connectivity index (χ1n) is 9.10. The van der Waals surface area contributed by atoms with E-state index in [1.807, 2.05) is 19.1 Å². The van der Waals surface area contributed by atoms with Crippen molar-refractivity contribution in [3.8, 4) is 11.5 Å². The molecule has 1 aromatic rings. The topological polar surface area (TPSA) is 71.4 Å². The van der Waals surface area contributed by atoms with Crippen LogP contribution in [0.15, 0.2) is 28.6 Å². The highest BCUT2D eigenvalue weighted by molar-refractivity contribution is 6.24. The summed E-state index contributed by atoms with van der Waals surface area (Å²) in [4.78, 5) is 14.9. The summed E-state index contributed by atoms with van der Waals surface area (Å²) in [6, 6.07) is 4.12. The van der Waals surface area contributed by atoms with Crippen LogP contribution in [0.2, 0.25) is 0 Å². The van der Waals surface area contributed by atoms with E-state index in [0.29, 0.717) is 23.5 Å². The molecule has 0 radical (unpaired) electrons. The lowest BCUT2D eigenvalue weighted by molar-refractivity contribution is -0.116. The van der Waals surface area contributed by atoms with Crippen LogP contribution < -0.4 is 9.47 Å². The van der Waals surface area contributed by atoms with Gasteiger partial charge in [-0.05, 0) is 42.5 Å². The normalized spacial score (nSPS) is 26.3. The van der Waals surface area contributed by atoms with Gasteiger partial charge in [0.15, 0.2) is 17.3 Å². The van der Waals surface area contributed by atoms with Gasteiger partial charge in [-0.15, -0.1) is 0 Å². The number of nitrogens with zero attached hydrogens (tertiary/aromatic N) is 2.